The monoisotopic (exact) mass is 564 g/mol. The number of methoxy groups -OCH3 is 1. The molecule has 44 heavy (non-hydrogen) atoms. The molecule has 5 heteroatoms. The van der Waals surface area contributed by atoms with Crippen LogP contribution in [0.15, 0.2) is 127 Å². The molecule has 0 amide bonds. The molecule has 8 rings (SSSR count). The molecule has 8 aromatic rings. The smallest absolute Gasteiger partial charge is 0.119 e. The highest BCUT2D eigenvalue weighted by Crippen LogP contribution is 2.42. The van der Waals surface area contributed by atoms with Crippen molar-refractivity contribution in [3.05, 3.63) is 139 Å². The van der Waals surface area contributed by atoms with Gasteiger partial charge in [0.25, 0.3) is 0 Å². The van der Waals surface area contributed by atoms with Gasteiger partial charge in [-0.25, -0.2) is 0 Å². The van der Waals surface area contributed by atoms with Crippen molar-refractivity contribution >= 4 is 43.6 Å². The van der Waals surface area contributed by atoms with Crippen molar-refractivity contribution in [2.45, 2.75) is 0 Å². The minimum Gasteiger partial charge on any atom is -0.497 e. The average Bonchev–Trinajstić information content (AvgIpc) is 3.60. The van der Waals surface area contributed by atoms with Crippen LogP contribution in [0.5, 0.6) is 5.75 Å². The van der Waals surface area contributed by atoms with Crippen LogP contribution in [0.2, 0.25) is 0 Å². The van der Waals surface area contributed by atoms with Crippen molar-refractivity contribution < 1.29 is 4.74 Å². The zero-order valence-electron chi connectivity index (χ0n) is 23.8. The summed E-state index contributed by atoms with van der Waals surface area (Å²) in [6.45, 7) is 0. The van der Waals surface area contributed by atoms with E-state index in [1.807, 2.05) is 18.2 Å². The second kappa shape index (κ2) is 9.91. The van der Waals surface area contributed by atoms with Crippen molar-refractivity contribution in [3.63, 3.8) is 0 Å². The molecule has 0 radical (unpaired) electrons. The zero-order chi connectivity index (χ0) is 29.8. The fourth-order valence-corrected chi connectivity index (χ4v) is 6.55. The Morgan fingerprint density at radius 1 is 0.523 bits per heavy atom. The second-order valence-corrected chi connectivity index (χ2v) is 10.8. The molecule has 0 atom stereocenters. The van der Waals surface area contributed by atoms with Crippen LogP contribution in [0.3, 0.4) is 0 Å². The number of ether oxygens (including phenoxy) is 1. The Kier molecular flexibility index (Phi) is 5.72. The van der Waals surface area contributed by atoms with E-state index >= 15 is 0 Å². The predicted octanol–water partition coefficient (Wildman–Crippen LogP) is 9.30. The first-order chi connectivity index (χ1) is 21.7. The van der Waals surface area contributed by atoms with E-state index in [0.717, 1.165) is 55.6 Å². The maximum atomic E-state index is 9.77. The van der Waals surface area contributed by atoms with Crippen LogP contribution < -0.4 is 4.74 Å². The minimum atomic E-state index is 0.352. The van der Waals surface area contributed by atoms with E-state index in [4.69, 9.17) is 4.74 Å². The average molecular weight is 565 g/mol. The van der Waals surface area contributed by atoms with Gasteiger partial charge >= 0.3 is 0 Å². The Labute approximate surface area is 253 Å². The molecular weight excluding hydrogens is 540 g/mol. The number of rotatable bonds is 4. The van der Waals surface area contributed by atoms with Crippen molar-refractivity contribution in [2.75, 3.05) is 7.11 Å². The first-order valence-corrected chi connectivity index (χ1v) is 14.3. The molecule has 206 valence electrons. The predicted molar refractivity (Wildman–Crippen MR) is 177 cm³/mol. The molecule has 0 unspecified atom stereocenters. The Morgan fingerprint density at radius 2 is 1.23 bits per heavy atom. The molecule has 0 saturated heterocycles. The summed E-state index contributed by atoms with van der Waals surface area (Å²) in [4.78, 5) is 0. The van der Waals surface area contributed by atoms with Crippen LogP contribution in [-0.4, -0.2) is 16.2 Å². The van der Waals surface area contributed by atoms with Crippen molar-refractivity contribution in [1.29, 1.82) is 10.5 Å². The minimum absolute atomic E-state index is 0.352. The van der Waals surface area contributed by atoms with Gasteiger partial charge in [-0.3, -0.25) is 0 Å². The summed E-state index contributed by atoms with van der Waals surface area (Å²) in [6, 6.07) is 47.9. The van der Waals surface area contributed by atoms with Crippen LogP contribution in [0.4, 0.5) is 0 Å². The maximum absolute atomic E-state index is 9.77. The van der Waals surface area contributed by atoms with E-state index < -0.39 is 0 Å². The Bertz CT molecular complexity index is 2510. The first-order valence-electron chi connectivity index (χ1n) is 14.3. The van der Waals surface area contributed by atoms with Gasteiger partial charge in [-0.05, 0) is 83.9 Å². The molecule has 0 N–H and O–H groups in total. The van der Waals surface area contributed by atoms with Crippen LogP contribution in [-0.2, 0) is 0 Å². The van der Waals surface area contributed by atoms with E-state index in [-0.39, 0.29) is 0 Å². The number of benzene rings is 6. The molecule has 6 aromatic carbocycles. The summed E-state index contributed by atoms with van der Waals surface area (Å²) in [5.74, 6) is 0.769. The number of nitrogens with zero attached hydrogens (tertiary/aromatic N) is 4. The van der Waals surface area contributed by atoms with Crippen molar-refractivity contribution in [2.24, 2.45) is 0 Å². The third kappa shape index (κ3) is 3.71. The van der Waals surface area contributed by atoms with Gasteiger partial charge in [0.1, 0.15) is 17.9 Å². The molecule has 0 fully saturated rings. The van der Waals surface area contributed by atoms with Gasteiger partial charge in [-0.15, -0.1) is 0 Å². The fraction of sp³-hybridized carbons (Fsp3) is 0.0256. The number of para-hydroxylation sites is 2. The number of aromatic nitrogens is 2. The summed E-state index contributed by atoms with van der Waals surface area (Å²) in [5.41, 5.74) is 9.19. The van der Waals surface area contributed by atoms with Crippen LogP contribution in [0, 0.1) is 22.7 Å². The summed E-state index contributed by atoms with van der Waals surface area (Å²) in [6.07, 6.45) is 0. The Morgan fingerprint density at radius 3 is 2.05 bits per heavy atom. The number of fused-ring (bicyclic) bond motifs is 6. The normalized spacial score (nSPS) is 11.2. The van der Waals surface area contributed by atoms with Crippen LogP contribution in [0.1, 0.15) is 11.1 Å². The van der Waals surface area contributed by atoms with E-state index in [2.05, 4.69) is 118 Å². The third-order valence-electron chi connectivity index (χ3n) is 8.50. The highest BCUT2D eigenvalue weighted by molar-refractivity contribution is 6.17. The van der Waals surface area contributed by atoms with Gasteiger partial charge < -0.3 is 13.9 Å². The highest BCUT2D eigenvalue weighted by Gasteiger charge is 2.19. The van der Waals surface area contributed by atoms with Crippen LogP contribution >= 0.6 is 0 Å². The molecular formula is C39H24N4O. The van der Waals surface area contributed by atoms with Gasteiger partial charge in [-0.2, -0.15) is 10.5 Å². The van der Waals surface area contributed by atoms with E-state index in [1.165, 1.54) is 16.3 Å². The van der Waals surface area contributed by atoms with E-state index in [1.54, 1.807) is 19.2 Å². The SMILES string of the molecule is COc1ccc2c(c1)c1c(-c3ccc4c(c3)c3ccccc3n4-c3ccccc3)cccc1n2-c1ccc(C#N)c(C#N)c1. The lowest BCUT2D eigenvalue weighted by molar-refractivity contribution is 0.415. The Balaban J connectivity index is 1.43. The van der Waals surface area contributed by atoms with Crippen LogP contribution in [0.25, 0.3) is 66.1 Å². The largest absolute Gasteiger partial charge is 0.497 e. The third-order valence-corrected chi connectivity index (χ3v) is 8.50. The lowest BCUT2D eigenvalue weighted by Gasteiger charge is -2.10. The second-order valence-electron chi connectivity index (χ2n) is 10.8. The number of hydrogen-bond donors (Lipinski definition) is 0. The van der Waals surface area contributed by atoms with Gasteiger partial charge in [0.2, 0.25) is 0 Å². The molecule has 0 bridgehead atoms. The molecule has 0 aliphatic heterocycles. The maximum Gasteiger partial charge on any atom is 0.119 e. The fourth-order valence-electron chi connectivity index (χ4n) is 6.55. The molecule has 0 saturated carbocycles. The summed E-state index contributed by atoms with van der Waals surface area (Å²) >= 11 is 0. The lowest BCUT2D eigenvalue weighted by Crippen LogP contribution is -1.96. The number of nitriles is 2. The standard InChI is InChI=1S/C39H24N4O/c1-44-30-17-19-37-34(22-30)39-31(11-7-13-38(39)43(37)29-16-14-26(23-40)27(20-29)24-41)25-15-18-36-33(21-25)32-10-5-6-12-35(32)42(36)28-8-3-2-4-9-28/h2-22H,1H3. The van der Waals surface area contributed by atoms with Gasteiger partial charge in [0, 0.05) is 32.9 Å². The topological polar surface area (TPSA) is 66.7 Å². The Hall–Kier alpha value is -6.30. The van der Waals surface area contributed by atoms with E-state index in [0.29, 0.717) is 11.1 Å². The van der Waals surface area contributed by atoms with Gasteiger partial charge in [0.15, 0.2) is 0 Å². The lowest BCUT2D eigenvalue weighted by atomic mass is 9.97. The van der Waals surface area contributed by atoms with E-state index in [9.17, 15) is 10.5 Å². The summed E-state index contributed by atoms with van der Waals surface area (Å²) < 4.78 is 10.1. The molecule has 0 aliphatic rings. The first kappa shape index (κ1) is 25.4. The molecule has 0 aliphatic carbocycles. The van der Waals surface area contributed by atoms with Gasteiger partial charge in [-0.1, -0.05) is 54.6 Å². The molecule has 2 heterocycles. The van der Waals surface area contributed by atoms with Crippen molar-refractivity contribution in [3.8, 4) is 40.4 Å². The number of hydrogen-bond acceptors (Lipinski definition) is 3. The van der Waals surface area contributed by atoms with Gasteiger partial charge in [0.05, 0.1) is 40.3 Å². The summed E-state index contributed by atoms with van der Waals surface area (Å²) in [7, 11) is 1.68. The molecule has 0 spiro atoms. The molecule has 5 nitrogen and oxygen atoms in total. The quantitative estimate of drug-likeness (QED) is 0.214. The highest BCUT2D eigenvalue weighted by atomic mass is 16.5. The van der Waals surface area contributed by atoms with Crippen molar-refractivity contribution in [1.82, 2.24) is 9.13 Å². The molecule has 2 aromatic heterocycles. The summed E-state index contributed by atoms with van der Waals surface area (Å²) in [5, 5.41) is 23.8. The zero-order valence-corrected chi connectivity index (χ0v) is 23.8.